The molecule has 0 radical (unpaired) electrons. The molecule has 5 rings (SSSR count). The summed E-state index contributed by atoms with van der Waals surface area (Å²) in [5, 5.41) is 10.4. The van der Waals surface area contributed by atoms with Crippen molar-refractivity contribution < 1.29 is 19.1 Å². The minimum absolute atomic E-state index is 0.0443. The second kappa shape index (κ2) is 9.27. The maximum Gasteiger partial charge on any atom is 0.307 e. The highest BCUT2D eigenvalue weighted by Crippen LogP contribution is 2.31. The molecule has 2 aromatic heterocycles. The Morgan fingerprint density at radius 1 is 1.03 bits per heavy atom. The van der Waals surface area contributed by atoms with Crippen LogP contribution in [0.15, 0.2) is 89.5 Å². The molecule has 0 aliphatic rings. The summed E-state index contributed by atoms with van der Waals surface area (Å²) in [6, 6.07) is 25.7. The fourth-order valence-electron chi connectivity index (χ4n) is 4.21. The van der Waals surface area contributed by atoms with Crippen molar-refractivity contribution in [1.82, 2.24) is 9.55 Å². The number of oxazole rings is 1. The minimum Gasteiger partial charge on any atom is -0.487 e. The van der Waals surface area contributed by atoms with Crippen molar-refractivity contribution in [1.29, 1.82) is 0 Å². The molecule has 0 bridgehead atoms. The van der Waals surface area contributed by atoms with E-state index in [0.717, 1.165) is 33.3 Å². The van der Waals surface area contributed by atoms with Crippen LogP contribution in [0.25, 0.3) is 22.4 Å². The molecule has 0 aliphatic carbocycles. The SMILES string of the molecule is Cc1c(CC(=O)O)c2cc(OCc3coc(-c4ccccc4)n3)ccc2n1Cc1ccccc1. The van der Waals surface area contributed by atoms with E-state index in [9.17, 15) is 9.90 Å². The van der Waals surface area contributed by atoms with Gasteiger partial charge in [0, 0.05) is 28.7 Å². The fourth-order valence-corrected chi connectivity index (χ4v) is 4.21. The number of carbonyl (C=O) groups is 1. The quantitative estimate of drug-likeness (QED) is 0.319. The molecule has 1 N–H and O–H groups in total. The minimum atomic E-state index is -0.857. The molecule has 3 aromatic carbocycles. The summed E-state index contributed by atoms with van der Waals surface area (Å²) in [5.74, 6) is 0.344. The lowest BCUT2D eigenvalue weighted by atomic mass is 10.1. The van der Waals surface area contributed by atoms with Crippen molar-refractivity contribution in [2.75, 3.05) is 0 Å². The Bertz CT molecular complexity index is 1440. The fraction of sp³-hybridized carbons (Fsp3) is 0.143. The summed E-state index contributed by atoms with van der Waals surface area (Å²) in [5.41, 5.74) is 5.48. The Morgan fingerprint density at radius 3 is 2.50 bits per heavy atom. The largest absolute Gasteiger partial charge is 0.487 e. The smallest absolute Gasteiger partial charge is 0.307 e. The Kier molecular flexibility index (Phi) is 5.87. The van der Waals surface area contributed by atoms with Crippen LogP contribution >= 0.6 is 0 Å². The summed E-state index contributed by atoms with van der Waals surface area (Å²) in [6.07, 6.45) is 1.55. The third-order valence-corrected chi connectivity index (χ3v) is 5.90. The first-order valence-electron chi connectivity index (χ1n) is 11.1. The number of hydrogen-bond donors (Lipinski definition) is 1. The molecule has 0 spiro atoms. The van der Waals surface area contributed by atoms with E-state index in [2.05, 4.69) is 21.7 Å². The van der Waals surface area contributed by atoms with Crippen LogP contribution in [0.5, 0.6) is 5.75 Å². The second-order valence-electron chi connectivity index (χ2n) is 8.18. The summed E-state index contributed by atoms with van der Waals surface area (Å²) >= 11 is 0. The highest BCUT2D eigenvalue weighted by atomic mass is 16.5. The van der Waals surface area contributed by atoms with Gasteiger partial charge in [-0.25, -0.2) is 4.98 Å². The Morgan fingerprint density at radius 2 is 1.76 bits per heavy atom. The van der Waals surface area contributed by atoms with Gasteiger partial charge in [0.05, 0.1) is 6.42 Å². The summed E-state index contributed by atoms with van der Waals surface area (Å²) in [6.45, 7) is 2.90. The average Bonchev–Trinajstić information content (AvgIpc) is 3.43. The summed E-state index contributed by atoms with van der Waals surface area (Å²) < 4.78 is 13.7. The lowest BCUT2D eigenvalue weighted by Crippen LogP contribution is -2.05. The second-order valence-corrected chi connectivity index (χ2v) is 8.18. The first-order chi connectivity index (χ1) is 16.6. The van der Waals surface area contributed by atoms with E-state index in [1.165, 1.54) is 0 Å². The predicted octanol–water partition coefficient (Wildman–Crippen LogP) is 5.86. The zero-order valence-corrected chi connectivity index (χ0v) is 18.8. The number of rotatable bonds is 8. The molecule has 0 saturated heterocycles. The Balaban J connectivity index is 1.42. The average molecular weight is 453 g/mol. The van der Waals surface area contributed by atoms with Crippen LogP contribution in [0.3, 0.4) is 0 Å². The van der Waals surface area contributed by atoms with E-state index in [0.29, 0.717) is 23.9 Å². The van der Waals surface area contributed by atoms with Crippen molar-refractivity contribution >= 4 is 16.9 Å². The first-order valence-corrected chi connectivity index (χ1v) is 11.1. The Labute approximate surface area is 197 Å². The van der Waals surface area contributed by atoms with Gasteiger partial charge in [0.2, 0.25) is 5.89 Å². The van der Waals surface area contributed by atoms with Gasteiger partial charge in [0.25, 0.3) is 0 Å². The number of carboxylic acids is 1. The van der Waals surface area contributed by atoms with Gasteiger partial charge in [0.1, 0.15) is 24.3 Å². The number of aliphatic carboxylic acids is 1. The van der Waals surface area contributed by atoms with Gasteiger partial charge in [-0.2, -0.15) is 0 Å². The number of benzene rings is 3. The van der Waals surface area contributed by atoms with Gasteiger partial charge in [0.15, 0.2) is 0 Å². The lowest BCUT2D eigenvalue weighted by molar-refractivity contribution is -0.136. The number of aromatic nitrogens is 2. The highest BCUT2D eigenvalue weighted by molar-refractivity contribution is 5.90. The number of carboxylic acid groups (broad SMARTS) is 1. The van der Waals surface area contributed by atoms with E-state index in [-0.39, 0.29) is 13.0 Å². The predicted molar refractivity (Wildman–Crippen MR) is 130 cm³/mol. The van der Waals surface area contributed by atoms with Gasteiger partial charge >= 0.3 is 5.97 Å². The van der Waals surface area contributed by atoms with Crippen LogP contribution in [-0.2, 0) is 24.4 Å². The molecule has 0 amide bonds. The van der Waals surface area contributed by atoms with Crippen LogP contribution in [0.2, 0.25) is 0 Å². The van der Waals surface area contributed by atoms with Crippen LogP contribution in [0, 0.1) is 6.92 Å². The van der Waals surface area contributed by atoms with Gasteiger partial charge in [-0.1, -0.05) is 48.5 Å². The number of nitrogens with zero attached hydrogens (tertiary/aromatic N) is 2. The van der Waals surface area contributed by atoms with E-state index in [1.54, 1.807) is 6.26 Å². The summed E-state index contributed by atoms with van der Waals surface area (Å²) in [7, 11) is 0. The highest BCUT2D eigenvalue weighted by Gasteiger charge is 2.18. The van der Waals surface area contributed by atoms with E-state index in [4.69, 9.17) is 9.15 Å². The van der Waals surface area contributed by atoms with Gasteiger partial charge in [-0.05, 0) is 48.4 Å². The van der Waals surface area contributed by atoms with E-state index >= 15 is 0 Å². The molecule has 0 atom stereocenters. The topological polar surface area (TPSA) is 77.5 Å². The van der Waals surface area contributed by atoms with Crippen molar-refractivity contribution in [2.45, 2.75) is 26.5 Å². The molecule has 6 nitrogen and oxygen atoms in total. The van der Waals surface area contributed by atoms with E-state index < -0.39 is 5.97 Å². The maximum absolute atomic E-state index is 11.6. The summed E-state index contributed by atoms with van der Waals surface area (Å²) in [4.78, 5) is 16.1. The monoisotopic (exact) mass is 452 g/mol. The first kappa shape index (κ1) is 21.5. The molecule has 2 heterocycles. The number of ether oxygens (including phenoxy) is 1. The van der Waals surface area contributed by atoms with Crippen LogP contribution in [-0.4, -0.2) is 20.6 Å². The van der Waals surface area contributed by atoms with Crippen molar-refractivity contribution in [3.8, 4) is 17.2 Å². The third kappa shape index (κ3) is 4.43. The standard InChI is InChI=1S/C28H24N2O4/c1-19-24(15-27(31)32)25-14-23(12-13-26(25)30(19)16-20-8-4-2-5-9-20)33-17-22-18-34-28(29-22)21-10-6-3-7-11-21/h2-14,18H,15-17H2,1H3,(H,31,32). The van der Waals surface area contributed by atoms with Crippen LogP contribution in [0.4, 0.5) is 0 Å². The molecular formula is C28H24N2O4. The normalized spacial score (nSPS) is 11.1. The molecule has 34 heavy (non-hydrogen) atoms. The van der Waals surface area contributed by atoms with Gasteiger partial charge in [-0.3, -0.25) is 4.79 Å². The zero-order valence-electron chi connectivity index (χ0n) is 18.8. The molecule has 0 saturated carbocycles. The Hall–Kier alpha value is -4.32. The lowest BCUT2D eigenvalue weighted by Gasteiger charge is -2.09. The zero-order chi connectivity index (χ0) is 23.5. The third-order valence-electron chi connectivity index (χ3n) is 5.90. The van der Waals surface area contributed by atoms with E-state index in [1.807, 2.05) is 73.7 Å². The molecule has 0 unspecified atom stereocenters. The molecule has 6 heteroatoms. The number of hydrogen-bond acceptors (Lipinski definition) is 4. The molecule has 170 valence electrons. The number of fused-ring (bicyclic) bond motifs is 1. The maximum atomic E-state index is 11.6. The molecular weight excluding hydrogens is 428 g/mol. The van der Waals surface area contributed by atoms with Gasteiger partial charge < -0.3 is 18.8 Å². The van der Waals surface area contributed by atoms with Crippen LogP contribution in [0.1, 0.15) is 22.5 Å². The van der Waals surface area contributed by atoms with Crippen LogP contribution < -0.4 is 4.74 Å². The van der Waals surface area contributed by atoms with Crippen molar-refractivity contribution in [3.05, 3.63) is 108 Å². The van der Waals surface area contributed by atoms with Crippen molar-refractivity contribution in [3.63, 3.8) is 0 Å². The molecule has 5 aromatic rings. The molecule has 0 aliphatic heterocycles. The van der Waals surface area contributed by atoms with Crippen molar-refractivity contribution in [2.24, 2.45) is 0 Å². The van der Waals surface area contributed by atoms with Gasteiger partial charge in [-0.15, -0.1) is 0 Å². The molecule has 0 fully saturated rings.